The lowest BCUT2D eigenvalue weighted by Crippen LogP contribution is -2.38. The quantitative estimate of drug-likeness (QED) is 0.701. The van der Waals surface area contributed by atoms with Gasteiger partial charge in [-0.1, -0.05) is 25.6 Å². The highest BCUT2D eigenvalue weighted by atomic mass is 32.2. The van der Waals surface area contributed by atoms with Crippen molar-refractivity contribution in [3.63, 3.8) is 0 Å². The summed E-state index contributed by atoms with van der Waals surface area (Å²) in [6.45, 7) is 4.10. The Morgan fingerprint density at radius 3 is 2.92 bits per heavy atom. The molecule has 5 nitrogen and oxygen atoms in total. The smallest absolute Gasteiger partial charge is 0.409 e. The number of hydrazone groups is 1. The largest absolute Gasteiger partial charge is 0.453 e. The fraction of sp³-hybridized carbons (Fsp3) is 0.714. The van der Waals surface area contributed by atoms with Crippen LogP contribution in [0.4, 0.5) is 4.79 Å². The van der Waals surface area contributed by atoms with Crippen LogP contribution < -0.4 is 10.7 Å². The minimum absolute atomic E-state index is 0.204. The number of nitrogens with zero attached hydrogens (tertiary/aromatic N) is 1. The van der Waals surface area contributed by atoms with Crippen molar-refractivity contribution in [3.05, 3.63) is 0 Å². The molecule has 0 spiro atoms. The van der Waals surface area contributed by atoms with Crippen molar-refractivity contribution < 1.29 is 9.53 Å². The van der Waals surface area contributed by atoms with Crippen LogP contribution in [0.5, 0.6) is 0 Å². The van der Waals surface area contributed by atoms with Gasteiger partial charge in [0.15, 0.2) is 5.50 Å². The third kappa shape index (κ3) is 2.80. The van der Waals surface area contributed by atoms with Gasteiger partial charge in [0.2, 0.25) is 0 Å². The van der Waals surface area contributed by atoms with Crippen molar-refractivity contribution in [2.45, 2.75) is 19.3 Å². The Kier molecular flexibility index (Phi) is 3.41. The fourth-order valence-electron chi connectivity index (χ4n) is 0.789. The minimum atomic E-state index is -0.454. The molecule has 1 rings (SSSR count). The molecule has 74 valence electrons. The van der Waals surface area contributed by atoms with Gasteiger partial charge in [-0.25, -0.2) is 4.79 Å². The van der Waals surface area contributed by atoms with Gasteiger partial charge >= 0.3 is 6.09 Å². The van der Waals surface area contributed by atoms with E-state index in [1.807, 2.05) is 13.8 Å². The molecule has 0 aromatic heterocycles. The van der Waals surface area contributed by atoms with Crippen LogP contribution in [-0.2, 0) is 4.74 Å². The summed E-state index contributed by atoms with van der Waals surface area (Å²) in [5.74, 6) is 0.377. The summed E-state index contributed by atoms with van der Waals surface area (Å²) < 4.78 is 4.45. The van der Waals surface area contributed by atoms with Crippen LogP contribution in [0.3, 0.4) is 0 Å². The number of carbonyl (C=O) groups is 1. The molecule has 0 bridgehead atoms. The zero-order valence-electron chi connectivity index (χ0n) is 7.83. The summed E-state index contributed by atoms with van der Waals surface area (Å²) in [5, 5.41) is 7.64. The summed E-state index contributed by atoms with van der Waals surface area (Å²) in [5.41, 5.74) is 2.59. The third-order valence-corrected chi connectivity index (χ3v) is 2.72. The molecule has 0 fully saturated rings. The number of nitrogens with one attached hydrogen (secondary N) is 2. The molecule has 1 amide bonds. The first-order valence-electron chi connectivity index (χ1n) is 3.97. The number of hydrogen-bond acceptors (Lipinski definition) is 5. The Morgan fingerprint density at radius 1 is 1.77 bits per heavy atom. The maximum atomic E-state index is 10.8. The van der Waals surface area contributed by atoms with Gasteiger partial charge in [0.25, 0.3) is 0 Å². The van der Waals surface area contributed by atoms with E-state index in [1.165, 1.54) is 18.9 Å². The lowest BCUT2D eigenvalue weighted by atomic mass is 10.2. The Morgan fingerprint density at radius 2 is 2.46 bits per heavy atom. The zero-order chi connectivity index (χ0) is 9.84. The third-order valence-electron chi connectivity index (χ3n) is 1.46. The molecule has 1 unspecified atom stereocenters. The van der Waals surface area contributed by atoms with E-state index < -0.39 is 6.09 Å². The van der Waals surface area contributed by atoms with E-state index in [1.54, 1.807) is 0 Å². The fourth-order valence-corrected chi connectivity index (χ4v) is 1.67. The van der Waals surface area contributed by atoms with Crippen LogP contribution in [0.15, 0.2) is 5.10 Å². The number of rotatable bonds is 2. The average molecular weight is 203 g/mol. The molecule has 1 heterocycles. The van der Waals surface area contributed by atoms with Crippen molar-refractivity contribution in [3.8, 4) is 0 Å². The normalized spacial score (nSPS) is 20.9. The molecule has 2 N–H and O–H groups in total. The second-order valence-corrected chi connectivity index (χ2v) is 3.99. The van der Waals surface area contributed by atoms with Crippen molar-refractivity contribution in [2.75, 3.05) is 7.11 Å². The summed E-state index contributed by atoms with van der Waals surface area (Å²) >= 11 is 1.49. The van der Waals surface area contributed by atoms with Gasteiger partial charge in [0.05, 0.1) is 12.2 Å². The molecule has 0 saturated carbocycles. The van der Waals surface area contributed by atoms with E-state index >= 15 is 0 Å². The molecule has 13 heavy (non-hydrogen) atoms. The van der Waals surface area contributed by atoms with Crippen molar-refractivity contribution >= 4 is 22.9 Å². The van der Waals surface area contributed by atoms with Gasteiger partial charge < -0.3 is 4.74 Å². The van der Waals surface area contributed by atoms with Gasteiger partial charge in [-0.3, -0.25) is 10.7 Å². The highest BCUT2D eigenvalue weighted by Crippen LogP contribution is 2.20. The second-order valence-electron chi connectivity index (χ2n) is 2.87. The highest BCUT2D eigenvalue weighted by Gasteiger charge is 2.22. The summed E-state index contributed by atoms with van der Waals surface area (Å²) in [7, 11) is 1.33. The molecule has 1 aliphatic rings. The van der Waals surface area contributed by atoms with Crippen LogP contribution in [0, 0.1) is 5.92 Å². The van der Waals surface area contributed by atoms with Crippen LogP contribution in [0.2, 0.25) is 0 Å². The number of alkyl carbamates (subject to hydrolysis) is 1. The minimum Gasteiger partial charge on any atom is -0.453 e. The number of thioether (sulfide) groups is 1. The second kappa shape index (κ2) is 4.36. The zero-order valence-corrected chi connectivity index (χ0v) is 8.64. The molecule has 6 heteroatoms. The van der Waals surface area contributed by atoms with E-state index in [9.17, 15) is 4.79 Å². The van der Waals surface area contributed by atoms with Gasteiger partial charge in [-0.15, -0.1) is 0 Å². The number of carbonyl (C=O) groups excluding carboxylic acids is 1. The number of amides is 1. The van der Waals surface area contributed by atoms with Crippen molar-refractivity contribution in [1.82, 2.24) is 10.7 Å². The molecule has 0 aromatic rings. The summed E-state index contributed by atoms with van der Waals surface area (Å²) in [4.78, 5) is 10.8. The lowest BCUT2D eigenvalue weighted by Gasteiger charge is -2.10. The monoisotopic (exact) mass is 203 g/mol. The Labute approximate surface area is 81.3 Å². The first-order valence-corrected chi connectivity index (χ1v) is 4.85. The summed E-state index contributed by atoms with van der Waals surface area (Å²) in [6.07, 6.45) is -0.454. The predicted octanol–water partition coefficient (Wildman–Crippen LogP) is 0.932. The molecular formula is C7H13N3O2S. The Hall–Kier alpha value is -0.910. The molecular weight excluding hydrogens is 190 g/mol. The molecule has 0 radical (unpaired) electrons. The molecule has 0 aliphatic carbocycles. The summed E-state index contributed by atoms with van der Waals surface area (Å²) in [6, 6.07) is 0. The maximum absolute atomic E-state index is 10.8. The van der Waals surface area contributed by atoms with Gasteiger partial charge in [-0.05, 0) is 0 Å². The molecule has 1 aliphatic heterocycles. The topological polar surface area (TPSA) is 62.7 Å². The standard InChI is InChI=1S/C7H13N3O2S/c1-4(2)5-9-10-6(13-5)8-7(11)12-3/h4,6,10H,1-3H3,(H,8,11). The van der Waals surface area contributed by atoms with Crippen molar-refractivity contribution in [1.29, 1.82) is 0 Å². The van der Waals surface area contributed by atoms with Crippen LogP contribution >= 0.6 is 11.8 Å². The van der Waals surface area contributed by atoms with Crippen LogP contribution in [0.25, 0.3) is 0 Å². The Balaban J connectivity index is 2.33. The van der Waals surface area contributed by atoms with Crippen LogP contribution in [0.1, 0.15) is 13.8 Å². The van der Waals surface area contributed by atoms with E-state index in [4.69, 9.17) is 0 Å². The number of ether oxygens (including phenoxy) is 1. The van der Waals surface area contributed by atoms with Crippen molar-refractivity contribution in [2.24, 2.45) is 11.0 Å². The Bertz CT molecular complexity index is 230. The first-order chi connectivity index (χ1) is 6.13. The molecule has 0 aromatic carbocycles. The average Bonchev–Trinajstić information content (AvgIpc) is 2.52. The van der Waals surface area contributed by atoms with E-state index in [-0.39, 0.29) is 5.50 Å². The van der Waals surface area contributed by atoms with Gasteiger partial charge in [0, 0.05) is 5.92 Å². The van der Waals surface area contributed by atoms with E-state index in [0.29, 0.717) is 5.92 Å². The highest BCUT2D eigenvalue weighted by molar-refractivity contribution is 8.14. The molecule has 0 saturated heterocycles. The first kappa shape index (κ1) is 10.2. The molecule has 1 atom stereocenters. The van der Waals surface area contributed by atoms with Gasteiger partial charge in [-0.2, -0.15) is 5.10 Å². The predicted molar refractivity (Wildman–Crippen MR) is 52.3 cm³/mol. The van der Waals surface area contributed by atoms with E-state index in [0.717, 1.165) is 5.04 Å². The van der Waals surface area contributed by atoms with Crippen LogP contribution in [-0.4, -0.2) is 23.7 Å². The number of methoxy groups -OCH3 is 1. The SMILES string of the molecule is COC(=O)NC1NN=C(C(C)C)S1. The van der Waals surface area contributed by atoms with E-state index in [2.05, 4.69) is 20.6 Å². The lowest BCUT2D eigenvalue weighted by molar-refractivity contribution is 0.169. The van der Waals surface area contributed by atoms with Gasteiger partial charge in [0.1, 0.15) is 0 Å². The maximum Gasteiger partial charge on any atom is 0.409 e. The number of hydrogen-bond donors (Lipinski definition) is 2.